The van der Waals surface area contributed by atoms with Crippen LogP contribution in [0.2, 0.25) is 0 Å². The third-order valence-electron chi connectivity index (χ3n) is 9.46. The molecule has 0 heterocycles. The van der Waals surface area contributed by atoms with Crippen LogP contribution in [-0.4, -0.2) is 329 Å². The summed E-state index contributed by atoms with van der Waals surface area (Å²) in [6.07, 6.45) is 2.22. The Morgan fingerprint density at radius 1 is 0.160 bits per heavy atom. The fourth-order valence-corrected chi connectivity index (χ4v) is 5.46. The zero-order valence-corrected chi connectivity index (χ0v) is 48.5. The molecule has 0 rings (SSSR count). The van der Waals surface area contributed by atoms with Crippen LogP contribution in [0.3, 0.4) is 0 Å². The highest BCUT2D eigenvalue weighted by Gasteiger charge is 2.01. The lowest BCUT2D eigenvalue weighted by atomic mass is 10.6. The van der Waals surface area contributed by atoms with Crippen molar-refractivity contribution in [3.63, 3.8) is 0 Å². The fraction of sp³-hybridized carbons (Fsp3) is 0.889. The molecule has 0 unspecified atom stereocenters. The van der Waals surface area contributed by atoms with Crippen molar-refractivity contribution in [2.45, 2.75) is 0 Å². The lowest BCUT2D eigenvalue weighted by molar-refractivity contribution is -0.140. The van der Waals surface area contributed by atoms with Crippen molar-refractivity contribution in [2.24, 2.45) is 0 Å². The minimum absolute atomic E-state index is 0.189. The van der Waals surface area contributed by atoms with Crippen LogP contribution in [0.4, 0.5) is 0 Å². The molecule has 0 N–H and O–H groups in total. The van der Waals surface area contributed by atoms with Crippen molar-refractivity contribution in [1.82, 2.24) is 0 Å². The molecule has 480 valence electrons. The van der Waals surface area contributed by atoms with Crippen LogP contribution in [0.15, 0.2) is 25.3 Å². The Kier molecular flexibility index (Phi) is 71.3. The van der Waals surface area contributed by atoms with Gasteiger partial charge in [-0.1, -0.05) is 13.2 Å². The molecule has 0 aliphatic heterocycles. The van der Waals surface area contributed by atoms with E-state index in [1.807, 2.05) is 0 Å². The lowest BCUT2D eigenvalue weighted by Crippen LogP contribution is -2.16. The quantitative estimate of drug-likeness (QED) is 0.0464. The monoisotopic (exact) mass is 1180 g/mol. The van der Waals surface area contributed by atoms with Crippen molar-refractivity contribution in [3.05, 3.63) is 25.3 Å². The van der Waals surface area contributed by atoms with E-state index in [-0.39, 0.29) is 13.2 Å². The van der Waals surface area contributed by atoms with E-state index < -0.39 is 11.9 Å². The molecule has 0 radical (unpaired) electrons. The summed E-state index contributed by atoms with van der Waals surface area (Å²) in [4.78, 5) is 21.8. The highest BCUT2D eigenvalue weighted by molar-refractivity contribution is 5.81. The largest absolute Gasteiger partial charge is 0.460 e. The fourth-order valence-electron chi connectivity index (χ4n) is 5.46. The van der Waals surface area contributed by atoms with Gasteiger partial charge in [0.05, 0.1) is 304 Å². The second kappa shape index (κ2) is 73.6. The van der Waals surface area contributed by atoms with E-state index in [2.05, 4.69) is 13.2 Å². The van der Waals surface area contributed by atoms with Crippen LogP contribution < -0.4 is 0 Å². The lowest BCUT2D eigenvalue weighted by Gasteiger charge is -2.09. The number of rotatable bonds is 74. The Bertz CT molecular complexity index is 1160. The number of carbonyl (C=O) groups is 2. The van der Waals surface area contributed by atoms with Gasteiger partial charge in [0.2, 0.25) is 0 Å². The van der Waals surface area contributed by atoms with Crippen molar-refractivity contribution < 1.29 is 128 Å². The standard InChI is InChI=1S/C54H102O27/c1-3-53(55)80-51-49-78-47-45-76-43-41-74-39-37-72-35-33-70-31-29-68-27-25-66-23-21-64-19-17-62-15-13-60-11-9-58-7-5-57-6-8-59-10-12-61-14-16-63-18-20-65-22-24-67-26-28-69-30-32-71-34-36-73-38-40-75-42-44-77-46-48-79-50-52-81-54(56)4-2/h3-4H,1-2,5-52H2. The molecule has 0 spiro atoms. The molecule has 27 heteroatoms. The normalized spacial score (nSPS) is 11.5. The summed E-state index contributed by atoms with van der Waals surface area (Å²) in [5, 5.41) is 0. The van der Waals surface area contributed by atoms with Gasteiger partial charge >= 0.3 is 11.9 Å². The predicted molar refractivity (Wildman–Crippen MR) is 291 cm³/mol. The van der Waals surface area contributed by atoms with Gasteiger partial charge in [-0.05, 0) is 0 Å². The molecule has 81 heavy (non-hydrogen) atoms. The van der Waals surface area contributed by atoms with Gasteiger partial charge < -0.3 is 118 Å². The molecule has 0 saturated carbocycles. The molecule has 0 saturated heterocycles. The van der Waals surface area contributed by atoms with E-state index in [4.69, 9.17) is 118 Å². The molecule has 0 amide bonds. The number of esters is 2. The van der Waals surface area contributed by atoms with Crippen LogP contribution >= 0.6 is 0 Å². The first-order valence-electron chi connectivity index (χ1n) is 28.1. The highest BCUT2D eigenvalue weighted by Crippen LogP contribution is 1.92. The molecular weight excluding hydrogens is 1080 g/mol. The van der Waals surface area contributed by atoms with Crippen molar-refractivity contribution in [2.75, 3.05) is 317 Å². The predicted octanol–water partition coefficient (Wildman–Crippen LogP) is 0.827. The molecule has 27 nitrogen and oxygen atoms in total. The summed E-state index contributed by atoms with van der Waals surface area (Å²) in [5.41, 5.74) is 0. The number of ether oxygens (including phenoxy) is 25. The van der Waals surface area contributed by atoms with Gasteiger partial charge in [0.15, 0.2) is 0 Å². The SMILES string of the molecule is C=CC(=O)OCCOCCOCCOCCOCCOCCOCCOCCOCCOCCOCCOCCOCCOCCOCCOCCOCCOCCOCCOCCOCCOCCOCCOCCOC(=O)C=C. The van der Waals surface area contributed by atoms with Gasteiger partial charge in [0.25, 0.3) is 0 Å². The van der Waals surface area contributed by atoms with Gasteiger partial charge in [-0.15, -0.1) is 0 Å². The Labute approximate surface area is 481 Å². The van der Waals surface area contributed by atoms with E-state index in [0.29, 0.717) is 304 Å². The van der Waals surface area contributed by atoms with Crippen LogP contribution in [0.25, 0.3) is 0 Å². The van der Waals surface area contributed by atoms with Crippen LogP contribution in [0.5, 0.6) is 0 Å². The Morgan fingerprint density at radius 2 is 0.235 bits per heavy atom. The summed E-state index contributed by atoms with van der Waals surface area (Å²) in [7, 11) is 0. The number of carbonyl (C=O) groups excluding carboxylic acids is 2. The van der Waals surface area contributed by atoms with Crippen molar-refractivity contribution in [3.8, 4) is 0 Å². The Balaban J connectivity index is 3.09. The maximum Gasteiger partial charge on any atom is 0.330 e. The Hall–Kier alpha value is -2.50. The highest BCUT2D eigenvalue weighted by atomic mass is 16.6. The summed E-state index contributed by atoms with van der Waals surface area (Å²) in [6, 6.07) is 0. The second-order valence-electron chi connectivity index (χ2n) is 15.8. The Morgan fingerprint density at radius 3 is 0.309 bits per heavy atom. The summed E-state index contributed by atoms with van der Waals surface area (Å²) in [5.74, 6) is -0.932. The van der Waals surface area contributed by atoms with E-state index in [1.165, 1.54) is 0 Å². The minimum Gasteiger partial charge on any atom is -0.460 e. The van der Waals surface area contributed by atoms with Crippen molar-refractivity contribution in [1.29, 1.82) is 0 Å². The maximum atomic E-state index is 10.9. The zero-order valence-electron chi connectivity index (χ0n) is 48.5. The molecule has 0 aromatic carbocycles. The first kappa shape index (κ1) is 78.5. The maximum absolute atomic E-state index is 10.9. The zero-order chi connectivity index (χ0) is 58.2. The molecule has 0 fully saturated rings. The molecular formula is C54H102O27. The average molecular weight is 1180 g/mol. The van der Waals surface area contributed by atoms with Crippen LogP contribution in [-0.2, 0) is 128 Å². The summed E-state index contributed by atoms with van der Waals surface area (Å²) < 4.78 is 135. The average Bonchev–Trinajstić information content (AvgIpc) is 3.48. The van der Waals surface area contributed by atoms with Crippen LogP contribution in [0, 0.1) is 0 Å². The molecule has 0 aliphatic rings. The van der Waals surface area contributed by atoms with E-state index in [0.717, 1.165) is 12.2 Å². The molecule has 0 aromatic heterocycles. The van der Waals surface area contributed by atoms with Gasteiger partial charge in [-0.25, -0.2) is 9.59 Å². The second-order valence-corrected chi connectivity index (χ2v) is 15.8. The van der Waals surface area contributed by atoms with E-state index >= 15 is 0 Å². The minimum atomic E-state index is -0.466. The molecule has 0 aliphatic carbocycles. The van der Waals surface area contributed by atoms with E-state index in [9.17, 15) is 9.59 Å². The topological polar surface area (TPSA) is 265 Å². The van der Waals surface area contributed by atoms with Gasteiger partial charge in [-0.3, -0.25) is 0 Å². The van der Waals surface area contributed by atoms with Crippen LogP contribution in [0.1, 0.15) is 0 Å². The van der Waals surface area contributed by atoms with E-state index in [1.54, 1.807) is 0 Å². The smallest absolute Gasteiger partial charge is 0.330 e. The molecule has 0 atom stereocenters. The number of hydrogen-bond acceptors (Lipinski definition) is 27. The molecule has 0 aromatic rings. The summed E-state index contributed by atoms with van der Waals surface area (Å²) in [6.45, 7) is 28.4. The summed E-state index contributed by atoms with van der Waals surface area (Å²) >= 11 is 0. The number of hydrogen-bond donors (Lipinski definition) is 0. The van der Waals surface area contributed by atoms with Gasteiger partial charge in [0, 0.05) is 12.2 Å². The van der Waals surface area contributed by atoms with Gasteiger partial charge in [0.1, 0.15) is 13.2 Å². The van der Waals surface area contributed by atoms with Crippen molar-refractivity contribution >= 4 is 11.9 Å². The first-order valence-corrected chi connectivity index (χ1v) is 28.1. The third-order valence-corrected chi connectivity index (χ3v) is 9.46. The third kappa shape index (κ3) is 73.6. The first-order chi connectivity index (χ1) is 40.2. The van der Waals surface area contributed by atoms with Gasteiger partial charge in [-0.2, -0.15) is 0 Å². The molecule has 0 bridgehead atoms.